The maximum Gasteiger partial charge on any atom is 0.0943 e. The molecule has 1 aliphatic heterocycles. The number of aliphatic hydroxyl groups is 1. The Labute approximate surface area is 91.2 Å². The van der Waals surface area contributed by atoms with Crippen molar-refractivity contribution in [3.63, 3.8) is 0 Å². The van der Waals surface area contributed by atoms with Crippen LogP contribution in [0.4, 0.5) is 0 Å². The van der Waals surface area contributed by atoms with Crippen LogP contribution in [0.1, 0.15) is 19.3 Å². The third kappa shape index (κ3) is 4.01. The van der Waals surface area contributed by atoms with E-state index in [0.29, 0.717) is 19.1 Å². The molecule has 86 valence electrons. The Hall–Kier alpha value is -0.870. The van der Waals surface area contributed by atoms with Crippen molar-refractivity contribution in [1.82, 2.24) is 5.01 Å². The molecular weight excluding hydrogens is 192 g/mol. The van der Waals surface area contributed by atoms with Crippen molar-refractivity contribution in [1.29, 1.82) is 0 Å². The molecule has 0 bridgehead atoms. The van der Waals surface area contributed by atoms with Crippen molar-refractivity contribution < 1.29 is 9.84 Å². The van der Waals surface area contributed by atoms with E-state index in [-0.39, 0.29) is 0 Å². The molecule has 1 heterocycles. The van der Waals surface area contributed by atoms with E-state index in [0.717, 1.165) is 19.4 Å². The van der Waals surface area contributed by atoms with E-state index in [1.165, 1.54) is 0 Å². The molecule has 0 saturated carbocycles. The van der Waals surface area contributed by atoms with E-state index in [9.17, 15) is 5.11 Å². The standard InChI is InChI=1S/C11H20N2O2/c1-3-5-11(14)8-12-13-7-4-6-10(13)9-15-2/h3,8,10-11,14H,1,4-7,9H2,2H3/b12-8+. The summed E-state index contributed by atoms with van der Waals surface area (Å²) in [7, 11) is 1.70. The number of rotatable bonds is 6. The number of ether oxygens (including phenoxy) is 1. The first-order chi connectivity index (χ1) is 7.27. The zero-order valence-corrected chi connectivity index (χ0v) is 9.30. The molecule has 0 radical (unpaired) electrons. The Morgan fingerprint density at radius 2 is 2.53 bits per heavy atom. The van der Waals surface area contributed by atoms with Crippen LogP contribution < -0.4 is 0 Å². The molecule has 4 nitrogen and oxygen atoms in total. The van der Waals surface area contributed by atoms with Crippen LogP contribution in [0, 0.1) is 0 Å². The number of methoxy groups -OCH3 is 1. The van der Waals surface area contributed by atoms with Gasteiger partial charge in [0.25, 0.3) is 0 Å². The van der Waals surface area contributed by atoms with Gasteiger partial charge in [0.05, 0.1) is 25.0 Å². The van der Waals surface area contributed by atoms with E-state index in [1.54, 1.807) is 19.4 Å². The van der Waals surface area contributed by atoms with E-state index in [2.05, 4.69) is 11.7 Å². The molecule has 15 heavy (non-hydrogen) atoms. The summed E-state index contributed by atoms with van der Waals surface area (Å²) < 4.78 is 5.12. The smallest absolute Gasteiger partial charge is 0.0943 e. The maximum absolute atomic E-state index is 9.45. The largest absolute Gasteiger partial charge is 0.387 e. The van der Waals surface area contributed by atoms with Gasteiger partial charge in [0.2, 0.25) is 0 Å². The summed E-state index contributed by atoms with van der Waals surface area (Å²) in [6.07, 6.45) is 5.55. The first-order valence-electron chi connectivity index (χ1n) is 5.36. The average Bonchev–Trinajstić information content (AvgIpc) is 2.64. The molecule has 2 atom stereocenters. The van der Waals surface area contributed by atoms with Crippen LogP contribution in [0.15, 0.2) is 17.8 Å². The molecule has 1 rings (SSSR count). The first-order valence-corrected chi connectivity index (χ1v) is 5.36. The first kappa shape index (κ1) is 12.2. The van der Waals surface area contributed by atoms with E-state index < -0.39 is 6.10 Å². The van der Waals surface area contributed by atoms with Crippen molar-refractivity contribution in [3.8, 4) is 0 Å². The van der Waals surface area contributed by atoms with E-state index in [4.69, 9.17) is 4.74 Å². The highest BCUT2D eigenvalue weighted by molar-refractivity contribution is 5.62. The molecular formula is C11H20N2O2. The van der Waals surface area contributed by atoms with Gasteiger partial charge in [0.15, 0.2) is 0 Å². The highest BCUT2D eigenvalue weighted by atomic mass is 16.5. The number of hydrazone groups is 1. The topological polar surface area (TPSA) is 45.1 Å². The van der Waals surface area contributed by atoms with Gasteiger partial charge >= 0.3 is 0 Å². The second kappa shape index (κ2) is 6.58. The van der Waals surface area contributed by atoms with Crippen LogP contribution in [0.2, 0.25) is 0 Å². The lowest BCUT2D eigenvalue weighted by molar-refractivity contribution is 0.117. The molecule has 0 amide bonds. The third-order valence-corrected chi connectivity index (χ3v) is 2.50. The fraction of sp³-hybridized carbons (Fsp3) is 0.727. The van der Waals surface area contributed by atoms with Crippen molar-refractivity contribution in [3.05, 3.63) is 12.7 Å². The highest BCUT2D eigenvalue weighted by Gasteiger charge is 2.22. The molecule has 1 N–H and O–H groups in total. The van der Waals surface area contributed by atoms with Crippen LogP contribution in [0.3, 0.4) is 0 Å². The summed E-state index contributed by atoms with van der Waals surface area (Å²) in [5.74, 6) is 0. The van der Waals surface area contributed by atoms with Gasteiger partial charge < -0.3 is 9.84 Å². The number of aliphatic hydroxyl groups excluding tert-OH is 1. The minimum atomic E-state index is -0.522. The zero-order valence-electron chi connectivity index (χ0n) is 9.30. The molecule has 0 spiro atoms. The van der Waals surface area contributed by atoms with Crippen LogP contribution in [0.5, 0.6) is 0 Å². The van der Waals surface area contributed by atoms with Gasteiger partial charge in [0, 0.05) is 13.7 Å². The fourth-order valence-electron chi connectivity index (χ4n) is 1.73. The Balaban J connectivity index is 2.38. The van der Waals surface area contributed by atoms with Gasteiger partial charge in [-0.3, -0.25) is 5.01 Å². The van der Waals surface area contributed by atoms with Gasteiger partial charge in [-0.15, -0.1) is 6.58 Å². The lowest BCUT2D eigenvalue weighted by Gasteiger charge is -2.20. The van der Waals surface area contributed by atoms with Gasteiger partial charge in [-0.1, -0.05) is 6.08 Å². The molecule has 1 fully saturated rings. The summed E-state index contributed by atoms with van der Waals surface area (Å²) in [5.41, 5.74) is 0. The highest BCUT2D eigenvalue weighted by Crippen LogP contribution is 2.17. The molecule has 2 unspecified atom stereocenters. The lowest BCUT2D eigenvalue weighted by Crippen LogP contribution is -2.29. The third-order valence-electron chi connectivity index (χ3n) is 2.50. The van der Waals surface area contributed by atoms with Crippen LogP contribution in [-0.2, 0) is 4.74 Å². The van der Waals surface area contributed by atoms with Crippen molar-refractivity contribution in [2.24, 2.45) is 5.10 Å². The average molecular weight is 212 g/mol. The lowest BCUT2D eigenvalue weighted by atomic mass is 10.2. The van der Waals surface area contributed by atoms with Crippen LogP contribution in [0.25, 0.3) is 0 Å². The van der Waals surface area contributed by atoms with Gasteiger partial charge in [-0.25, -0.2) is 0 Å². The Kier molecular flexibility index (Phi) is 5.36. The SMILES string of the molecule is C=CCC(O)/C=N/N1CCCC1COC. The Morgan fingerprint density at radius 3 is 3.20 bits per heavy atom. The number of hydrogen-bond acceptors (Lipinski definition) is 4. The monoisotopic (exact) mass is 212 g/mol. The molecule has 0 aliphatic carbocycles. The molecule has 0 aromatic heterocycles. The number of nitrogens with zero attached hydrogens (tertiary/aromatic N) is 2. The quantitative estimate of drug-likeness (QED) is 0.528. The number of hydrogen-bond donors (Lipinski definition) is 1. The Morgan fingerprint density at radius 1 is 1.73 bits per heavy atom. The maximum atomic E-state index is 9.45. The zero-order chi connectivity index (χ0) is 11.1. The molecule has 0 aromatic carbocycles. The second-order valence-corrected chi connectivity index (χ2v) is 3.77. The summed E-state index contributed by atoms with van der Waals surface area (Å²) in [4.78, 5) is 0. The van der Waals surface area contributed by atoms with Crippen molar-refractivity contribution in [2.45, 2.75) is 31.4 Å². The van der Waals surface area contributed by atoms with Crippen molar-refractivity contribution in [2.75, 3.05) is 20.3 Å². The van der Waals surface area contributed by atoms with Gasteiger partial charge in [-0.2, -0.15) is 5.10 Å². The Bertz CT molecular complexity index is 219. The molecule has 0 aromatic rings. The molecule has 1 aliphatic rings. The van der Waals surface area contributed by atoms with E-state index >= 15 is 0 Å². The minimum absolute atomic E-state index is 0.363. The minimum Gasteiger partial charge on any atom is -0.387 e. The summed E-state index contributed by atoms with van der Waals surface area (Å²) >= 11 is 0. The molecule has 4 heteroatoms. The van der Waals surface area contributed by atoms with Gasteiger partial charge in [-0.05, 0) is 19.3 Å². The summed E-state index contributed by atoms with van der Waals surface area (Å²) in [5, 5.41) is 15.7. The van der Waals surface area contributed by atoms with Gasteiger partial charge in [0.1, 0.15) is 0 Å². The van der Waals surface area contributed by atoms with Crippen LogP contribution >= 0.6 is 0 Å². The fourth-order valence-corrected chi connectivity index (χ4v) is 1.73. The predicted octanol–water partition coefficient (Wildman–Crippen LogP) is 1.02. The summed E-state index contributed by atoms with van der Waals surface area (Å²) in [6, 6.07) is 0.363. The van der Waals surface area contributed by atoms with Crippen molar-refractivity contribution >= 4 is 6.21 Å². The second-order valence-electron chi connectivity index (χ2n) is 3.77. The predicted molar refractivity (Wildman–Crippen MR) is 60.9 cm³/mol. The summed E-state index contributed by atoms with van der Waals surface area (Å²) in [6.45, 7) is 5.22. The normalized spacial score (nSPS) is 23.6. The van der Waals surface area contributed by atoms with Crippen LogP contribution in [-0.4, -0.2) is 48.7 Å². The van der Waals surface area contributed by atoms with E-state index in [1.807, 2.05) is 5.01 Å². The molecule has 1 saturated heterocycles.